The van der Waals surface area contributed by atoms with Gasteiger partial charge in [-0.25, -0.2) is 4.98 Å². The Labute approximate surface area is 151 Å². The third kappa shape index (κ3) is 3.44. The summed E-state index contributed by atoms with van der Waals surface area (Å²) in [5, 5.41) is 5.14. The number of aromatic nitrogens is 2. The van der Waals surface area contributed by atoms with Gasteiger partial charge in [-0.05, 0) is 40.2 Å². The first kappa shape index (κ1) is 16.5. The van der Waals surface area contributed by atoms with Gasteiger partial charge in [0.1, 0.15) is 17.2 Å². The molecule has 3 aromatic rings. The van der Waals surface area contributed by atoms with E-state index in [-0.39, 0.29) is 5.91 Å². The van der Waals surface area contributed by atoms with Crippen LogP contribution in [0.2, 0.25) is 0 Å². The molecule has 0 saturated carbocycles. The van der Waals surface area contributed by atoms with Crippen molar-refractivity contribution in [2.75, 3.05) is 19.5 Å². The molecule has 0 bridgehead atoms. The molecule has 0 fully saturated rings. The molecule has 0 aliphatic rings. The van der Waals surface area contributed by atoms with Gasteiger partial charge in [0.25, 0.3) is 5.91 Å². The molecule has 0 atom stereocenters. The van der Waals surface area contributed by atoms with Crippen LogP contribution in [0, 0.1) is 0 Å². The minimum absolute atomic E-state index is 0.251. The lowest BCUT2D eigenvalue weighted by molar-refractivity contribution is 0.102. The number of carbonyl (C=O) groups is 1. The van der Waals surface area contributed by atoms with E-state index in [1.54, 1.807) is 26.5 Å². The number of rotatable bonds is 5. The largest absolute Gasteiger partial charge is 0.497 e. The van der Waals surface area contributed by atoms with Crippen LogP contribution in [0.4, 0.5) is 5.13 Å². The van der Waals surface area contributed by atoms with Crippen LogP contribution in [-0.2, 0) is 0 Å². The molecule has 0 aliphatic heterocycles. The SMILES string of the molecule is COc1ccc(OC)c(-c2csc(NC(=O)c3cc(Br)c[nH]3)n2)c1. The molecular formula is C16H14BrN3O3S. The van der Waals surface area contributed by atoms with Crippen LogP contribution in [0.1, 0.15) is 10.5 Å². The van der Waals surface area contributed by atoms with Crippen molar-refractivity contribution in [3.05, 3.63) is 46.0 Å². The molecule has 8 heteroatoms. The molecule has 0 spiro atoms. The van der Waals surface area contributed by atoms with Crippen LogP contribution in [0.15, 0.2) is 40.3 Å². The Balaban J connectivity index is 1.84. The Kier molecular flexibility index (Phi) is 4.86. The molecule has 3 rings (SSSR count). The monoisotopic (exact) mass is 407 g/mol. The highest BCUT2D eigenvalue weighted by Gasteiger charge is 2.14. The molecule has 1 amide bonds. The van der Waals surface area contributed by atoms with Crippen molar-refractivity contribution >= 4 is 38.3 Å². The molecule has 124 valence electrons. The normalized spacial score (nSPS) is 10.5. The third-order valence-corrected chi connectivity index (χ3v) is 4.52. The lowest BCUT2D eigenvalue weighted by Gasteiger charge is -2.08. The van der Waals surface area contributed by atoms with Crippen molar-refractivity contribution in [3.63, 3.8) is 0 Å². The summed E-state index contributed by atoms with van der Waals surface area (Å²) in [5.74, 6) is 1.15. The first-order chi connectivity index (χ1) is 11.6. The molecule has 6 nitrogen and oxygen atoms in total. The van der Waals surface area contributed by atoms with Crippen LogP contribution >= 0.6 is 27.3 Å². The number of hydrogen-bond donors (Lipinski definition) is 2. The summed E-state index contributed by atoms with van der Waals surface area (Å²) in [7, 11) is 3.20. The number of anilines is 1. The van der Waals surface area contributed by atoms with E-state index in [9.17, 15) is 4.79 Å². The number of amides is 1. The number of nitrogens with one attached hydrogen (secondary N) is 2. The Hall–Kier alpha value is -2.32. The van der Waals surface area contributed by atoms with Gasteiger partial charge in [0.15, 0.2) is 5.13 Å². The van der Waals surface area contributed by atoms with Gasteiger partial charge >= 0.3 is 0 Å². The number of hydrogen-bond acceptors (Lipinski definition) is 5. The van der Waals surface area contributed by atoms with Gasteiger partial charge in [-0.15, -0.1) is 11.3 Å². The minimum Gasteiger partial charge on any atom is -0.497 e. The van der Waals surface area contributed by atoms with Gasteiger partial charge in [0, 0.05) is 21.6 Å². The summed E-state index contributed by atoms with van der Waals surface area (Å²) in [6.45, 7) is 0. The zero-order chi connectivity index (χ0) is 17.1. The standard InChI is InChI=1S/C16H14BrN3O3S/c1-22-10-3-4-14(23-2)11(6-10)13-8-24-16(19-13)20-15(21)12-5-9(17)7-18-12/h3-8,18H,1-2H3,(H,19,20,21). The molecule has 0 aliphatic carbocycles. The molecule has 1 aromatic carbocycles. The summed E-state index contributed by atoms with van der Waals surface area (Å²) in [6.07, 6.45) is 1.70. The van der Waals surface area contributed by atoms with Crippen LogP contribution < -0.4 is 14.8 Å². The molecule has 0 radical (unpaired) electrons. The van der Waals surface area contributed by atoms with E-state index < -0.39 is 0 Å². The Morgan fingerprint density at radius 1 is 1.29 bits per heavy atom. The van der Waals surface area contributed by atoms with E-state index in [4.69, 9.17) is 9.47 Å². The van der Waals surface area contributed by atoms with Gasteiger partial charge in [-0.2, -0.15) is 0 Å². The van der Waals surface area contributed by atoms with E-state index in [0.29, 0.717) is 28.0 Å². The van der Waals surface area contributed by atoms with Crippen LogP contribution in [0.5, 0.6) is 11.5 Å². The van der Waals surface area contributed by atoms with Crippen LogP contribution in [0.25, 0.3) is 11.3 Å². The van der Waals surface area contributed by atoms with Crippen LogP contribution in [0.3, 0.4) is 0 Å². The molecule has 24 heavy (non-hydrogen) atoms. The highest BCUT2D eigenvalue weighted by atomic mass is 79.9. The zero-order valence-electron chi connectivity index (χ0n) is 12.9. The van der Waals surface area contributed by atoms with Gasteiger partial charge in [0.05, 0.1) is 19.9 Å². The zero-order valence-corrected chi connectivity index (χ0v) is 15.3. The van der Waals surface area contributed by atoms with E-state index in [1.165, 1.54) is 11.3 Å². The Morgan fingerprint density at radius 3 is 2.79 bits per heavy atom. The predicted molar refractivity (Wildman–Crippen MR) is 97.1 cm³/mol. The quantitative estimate of drug-likeness (QED) is 0.665. The summed E-state index contributed by atoms with van der Waals surface area (Å²) < 4.78 is 11.4. The van der Waals surface area contributed by atoms with E-state index in [0.717, 1.165) is 10.0 Å². The van der Waals surface area contributed by atoms with Crippen molar-refractivity contribution in [1.82, 2.24) is 9.97 Å². The predicted octanol–water partition coefficient (Wildman–Crippen LogP) is 4.17. The maximum atomic E-state index is 12.2. The number of thiazole rings is 1. The number of aromatic amines is 1. The topological polar surface area (TPSA) is 76.2 Å². The Bertz CT molecular complexity index is 875. The first-order valence-electron chi connectivity index (χ1n) is 6.94. The number of ether oxygens (including phenoxy) is 2. The number of nitrogens with zero attached hydrogens (tertiary/aromatic N) is 1. The highest BCUT2D eigenvalue weighted by Crippen LogP contribution is 2.35. The second kappa shape index (κ2) is 7.06. The maximum Gasteiger partial charge on any atom is 0.273 e. The van der Waals surface area contributed by atoms with Crippen molar-refractivity contribution in [2.24, 2.45) is 0 Å². The summed E-state index contributed by atoms with van der Waals surface area (Å²) in [4.78, 5) is 19.5. The third-order valence-electron chi connectivity index (χ3n) is 3.30. The van der Waals surface area contributed by atoms with Crippen molar-refractivity contribution < 1.29 is 14.3 Å². The lowest BCUT2D eigenvalue weighted by Crippen LogP contribution is -2.11. The molecule has 0 unspecified atom stereocenters. The number of halogens is 1. The first-order valence-corrected chi connectivity index (χ1v) is 8.61. The Morgan fingerprint density at radius 2 is 2.12 bits per heavy atom. The highest BCUT2D eigenvalue weighted by molar-refractivity contribution is 9.10. The number of carbonyl (C=O) groups excluding carboxylic acids is 1. The smallest absolute Gasteiger partial charge is 0.273 e. The maximum absolute atomic E-state index is 12.2. The average Bonchev–Trinajstić information content (AvgIpc) is 3.23. The van der Waals surface area contributed by atoms with Crippen LogP contribution in [-0.4, -0.2) is 30.1 Å². The fourth-order valence-corrected chi connectivity index (χ4v) is 3.18. The second-order valence-corrected chi connectivity index (χ2v) is 6.56. The number of benzene rings is 1. The van der Waals surface area contributed by atoms with E-state index in [1.807, 2.05) is 23.6 Å². The van der Waals surface area contributed by atoms with Crippen molar-refractivity contribution in [2.45, 2.75) is 0 Å². The number of methoxy groups -OCH3 is 2. The van der Waals surface area contributed by atoms with Crippen molar-refractivity contribution in [3.8, 4) is 22.8 Å². The van der Waals surface area contributed by atoms with Gasteiger partial charge < -0.3 is 14.5 Å². The molecular weight excluding hydrogens is 394 g/mol. The molecule has 0 saturated heterocycles. The fraction of sp³-hybridized carbons (Fsp3) is 0.125. The molecule has 2 aromatic heterocycles. The second-order valence-electron chi connectivity index (χ2n) is 4.79. The molecule has 2 N–H and O–H groups in total. The molecule has 2 heterocycles. The fourth-order valence-electron chi connectivity index (χ4n) is 2.13. The average molecular weight is 408 g/mol. The van der Waals surface area contributed by atoms with Crippen molar-refractivity contribution in [1.29, 1.82) is 0 Å². The number of H-pyrrole nitrogens is 1. The van der Waals surface area contributed by atoms with E-state index in [2.05, 4.69) is 31.2 Å². The van der Waals surface area contributed by atoms with Gasteiger partial charge in [0.2, 0.25) is 0 Å². The lowest BCUT2D eigenvalue weighted by atomic mass is 10.1. The minimum atomic E-state index is -0.251. The van der Waals surface area contributed by atoms with Gasteiger partial charge in [-0.3, -0.25) is 10.1 Å². The van der Waals surface area contributed by atoms with E-state index >= 15 is 0 Å². The summed E-state index contributed by atoms with van der Waals surface area (Å²) >= 11 is 4.64. The summed E-state index contributed by atoms with van der Waals surface area (Å²) in [5.41, 5.74) is 1.97. The summed E-state index contributed by atoms with van der Waals surface area (Å²) in [6, 6.07) is 7.19. The van der Waals surface area contributed by atoms with Gasteiger partial charge in [-0.1, -0.05) is 0 Å².